The molecule has 2 rings (SSSR count). The summed E-state index contributed by atoms with van der Waals surface area (Å²) in [5, 5.41) is 24.8. The molecule has 1 aromatic rings. The van der Waals surface area contributed by atoms with E-state index in [1.807, 2.05) is 6.07 Å². The number of nitro benzene ring substituents is 1. The van der Waals surface area contributed by atoms with Gasteiger partial charge in [0.15, 0.2) is 5.75 Å². The zero-order valence-electron chi connectivity index (χ0n) is 13.5. The highest BCUT2D eigenvalue weighted by Crippen LogP contribution is 2.40. The van der Waals surface area contributed by atoms with E-state index >= 15 is 0 Å². The van der Waals surface area contributed by atoms with E-state index in [-0.39, 0.29) is 42.3 Å². The molecule has 0 amide bonds. The molecule has 1 aliphatic rings. The Morgan fingerprint density at radius 2 is 2.00 bits per heavy atom. The van der Waals surface area contributed by atoms with Crippen molar-refractivity contribution in [3.8, 4) is 5.75 Å². The van der Waals surface area contributed by atoms with Crippen LogP contribution in [0.4, 0.5) is 5.69 Å². The van der Waals surface area contributed by atoms with Crippen LogP contribution in [-0.4, -0.2) is 41.1 Å². The topological polar surface area (TPSA) is 78.6 Å². The van der Waals surface area contributed by atoms with Gasteiger partial charge in [0.05, 0.1) is 4.92 Å². The van der Waals surface area contributed by atoms with Gasteiger partial charge in [-0.25, -0.2) is 0 Å². The number of phenols is 1. The van der Waals surface area contributed by atoms with Crippen LogP contribution in [0.3, 0.4) is 0 Å². The maximum absolute atomic E-state index is 11.1. The molecule has 24 heavy (non-hydrogen) atoms. The summed E-state index contributed by atoms with van der Waals surface area (Å²) in [5.41, 5.74) is 0.414. The number of aromatic hydroxyl groups is 1. The summed E-state index contributed by atoms with van der Waals surface area (Å²) in [6, 6.07) is 3.18. The molecule has 0 unspecified atom stereocenters. The van der Waals surface area contributed by atoms with E-state index in [9.17, 15) is 15.2 Å². The summed E-state index contributed by atoms with van der Waals surface area (Å²) >= 11 is 3.33. The van der Waals surface area contributed by atoms with Gasteiger partial charge in [-0.3, -0.25) is 15.0 Å². The van der Waals surface area contributed by atoms with Gasteiger partial charge in [-0.15, -0.1) is 24.8 Å². The first-order chi connectivity index (χ1) is 10.5. The minimum Gasteiger partial charge on any atom is -0.502 e. The maximum atomic E-state index is 11.1. The fourth-order valence-electron chi connectivity index (χ4n) is 2.92. The third kappa shape index (κ3) is 5.74. The number of nitrogens with one attached hydrogen (secondary N) is 1. The van der Waals surface area contributed by atoms with Crippen molar-refractivity contribution < 1.29 is 10.0 Å². The van der Waals surface area contributed by atoms with Crippen LogP contribution in [0.15, 0.2) is 16.6 Å². The highest BCUT2D eigenvalue weighted by molar-refractivity contribution is 9.10. The lowest BCUT2D eigenvalue weighted by molar-refractivity contribution is -0.386. The van der Waals surface area contributed by atoms with Gasteiger partial charge in [0.25, 0.3) is 0 Å². The lowest BCUT2D eigenvalue weighted by Gasteiger charge is -2.35. The molecular formula is C15H24BrCl2N3O3. The molecule has 1 aliphatic heterocycles. The number of rotatable bonds is 6. The van der Waals surface area contributed by atoms with Crippen LogP contribution in [0.2, 0.25) is 0 Å². The number of hydrogen-bond acceptors (Lipinski definition) is 5. The Hall–Kier alpha value is -0.600. The summed E-state index contributed by atoms with van der Waals surface area (Å²) in [7, 11) is 0. The summed E-state index contributed by atoms with van der Waals surface area (Å²) in [6.45, 7) is 5.69. The number of piperazine rings is 1. The fraction of sp³-hybridized carbons (Fsp3) is 0.600. The summed E-state index contributed by atoms with van der Waals surface area (Å²) in [5.74, 6) is -0.201. The predicted molar refractivity (Wildman–Crippen MR) is 104 cm³/mol. The number of nitrogens with zero attached hydrogens (tertiary/aromatic N) is 2. The van der Waals surface area contributed by atoms with Gasteiger partial charge >= 0.3 is 5.69 Å². The Morgan fingerprint density at radius 1 is 1.38 bits per heavy atom. The molecule has 1 saturated heterocycles. The highest BCUT2D eigenvalue weighted by Gasteiger charge is 2.28. The number of unbranched alkanes of at least 4 members (excludes halogenated alkanes) is 1. The molecule has 2 N–H and O–H groups in total. The van der Waals surface area contributed by atoms with Gasteiger partial charge in [0.2, 0.25) is 0 Å². The molecule has 1 aromatic carbocycles. The predicted octanol–water partition coefficient (Wildman–Crippen LogP) is 4.04. The second kappa shape index (κ2) is 11.1. The van der Waals surface area contributed by atoms with E-state index in [0.717, 1.165) is 45.4 Å². The third-order valence-electron chi connectivity index (χ3n) is 4.06. The van der Waals surface area contributed by atoms with Crippen LogP contribution in [0, 0.1) is 10.1 Å². The summed E-state index contributed by atoms with van der Waals surface area (Å²) in [4.78, 5) is 12.9. The molecule has 0 spiro atoms. The second-order valence-electron chi connectivity index (χ2n) is 5.56. The van der Waals surface area contributed by atoms with E-state index in [0.29, 0.717) is 10.0 Å². The third-order valence-corrected chi connectivity index (χ3v) is 4.52. The second-order valence-corrected chi connectivity index (χ2v) is 6.48. The smallest absolute Gasteiger partial charge is 0.312 e. The average Bonchev–Trinajstić information content (AvgIpc) is 2.51. The highest BCUT2D eigenvalue weighted by atomic mass is 79.9. The van der Waals surface area contributed by atoms with Gasteiger partial charge in [-0.2, -0.15) is 0 Å². The monoisotopic (exact) mass is 443 g/mol. The Balaban J connectivity index is 0.00000264. The van der Waals surface area contributed by atoms with Gasteiger partial charge in [0.1, 0.15) is 0 Å². The molecule has 1 fully saturated rings. The first kappa shape index (κ1) is 23.4. The van der Waals surface area contributed by atoms with Crippen molar-refractivity contribution >= 4 is 46.4 Å². The van der Waals surface area contributed by atoms with Crippen molar-refractivity contribution in [2.24, 2.45) is 0 Å². The number of nitro groups is 1. The zero-order chi connectivity index (χ0) is 16.1. The first-order valence-corrected chi connectivity index (χ1v) is 8.45. The Labute approximate surface area is 163 Å². The molecule has 1 atom stereocenters. The van der Waals surface area contributed by atoms with Crippen molar-refractivity contribution in [3.63, 3.8) is 0 Å². The first-order valence-electron chi connectivity index (χ1n) is 7.66. The minimum absolute atomic E-state index is 0. The molecule has 138 valence electrons. The van der Waals surface area contributed by atoms with Crippen LogP contribution < -0.4 is 5.32 Å². The molecule has 0 radical (unpaired) electrons. The number of benzene rings is 1. The van der Waals surface area contributed by atoms with Crippen molar-refractivity contribution in [3.05, 3.63) is 32.3 Å². The summed E-state index contributed by atoms with van der Waals surface area (Å²) < 4.78 is 0.628. The van der Waals surface area contributed by atoms with Crippen LogP contribution in [0.5, 0.6) is 5.75 Å². The molecule has 6 nitrogen and oxygen atoms in total. The van der Waals surface area contributed by atoms with Gasteiger partial charge in [0, 0.05) is 48.3 Å². The lowest BCUT2D eigenvalue weighted by Crippen LogP contribution is -2.45. The minimum atomic E-state index is -0.530. The van der Waals surface area contributed by atoms with Crippen LogP contribution in [-0.2, 0) is 0 Å². The van der Waals surface area contributed by atoms with Crippen molar-refractivity contribution in [1.82, 2.24) is 10.2 Å². The summed E-state index contributed by atoms with van der Waals surface area (Å²) in [6.07, 6.45) is 2.96. The Morgan fingerprint density at radius 3 is 2.54 bits per heavy atom. The molecule has 9 heteroatoms. The van der Waals surface area contributed by atoms with Gasteiger partial charge < -0.3 is 10.4 Å². The van der Waals surface area contributed by atoms with E-state index < -0.39 is 4.92 Å². The molecule has 0 aromatic heterocycles. The van der Waals surface area contributed by atoms with E-state index in [4.69, 9.17) is 0 Å². The zero-order valence-corrected chi connectivity index (χ0v) is 16.8. The lowest BCUT2D eigenvalue weighted by atomic mass is 9.97. The SMILES string of the molecule is CCCC[C@@H](c1cc(Br)cc([N+](=O)[O-])c1O)N1CCNCC1.Cl.Cl. The van der Waals surface area contributed by atoms with Gasteiger partial charge in [-0.1, -0.05) is 35.7 Å². The largest absolute Gasteiger partial charge is 0.502 e. The molecular weight excluding hydrogens is 421 g/mol. The molecule has 0 saturated carbocycles. The van der Waals surface area contributed by atoms with E-state index in [1.54, 1.807) is 0 Å². The Bertz CT molecular complexity index is 543. The standard InChI is InChI=1S/C15H22BrN3O3.2ClH/c1-2-3-4-13(18-7-5-17-6-8-18)12-9-11(16)10-14(15(12)20)19(21)22;;/h9-10,13,17,20H,2-8H2,1H3;2*1H/t13-;;/m0../s1. The number of halogens is 3. The number of hydrogen-bond donors (Lipinski definition) is 2. The molecule has 1 heterocycles. The molecule has 0 bridgehead atoms. The Kier molecular flexibility index (Phi) is 10.8. The van der Waals surface area contributed by atoms with Crippen LogP contribution >= 0.6 is 40.7 Å². The van der Waals surface area contributed by atoms with E-state index in [2.05, 4.69) is 33.1 Å². The van der Waals surface area contributed by atoms with Crippen molar-refractivity contribution in [2.45, 2.75) is 32.2 Å². The van der Waals surface area contributed by atoms with Crippen molar-refractivity contribution in [1.29, 1.82) is 0 Å². The maximum Gasteiger partial charge on any atom is 0.312 e. The fourth-order valence-corrected chi connectivity index (χ4v) is 3.39. The van der Waals surface area contributed by atoms with Gasteiger partial charge in [-0.05, 0) is 12.5 Å². The average molecular weight is 445 g/mol. The quantitative estimate of drug-likeness (QED) is 0.511. The van der Waals surface area contributed by atoms with E-state index in [1.165, 1.54) is 6.07 Å². The molecule has 0 aliphatic carbocycles. The number of phenolic OH excluding ortho intramolecular Hbond substituents is 1. The van der Waals surface area contributed by atoms with Crippen LogP contribution in [0.1, 0.15) is 37.8 Å². The van der Waals surface area contributed by atoms with Crippen LogP contribution in [0.25, 0.3) is 0 Å². The van der Waals surface area contributed by atoms with Crippen molar-refractivity contribution in [2.75, 3.05) is 26.2 Å². The normalized spacial score (nSPS) is 15.9.